The fraction of sp³-hybridized carbons (Fsp3) is 0.312. The van der Waals surface area contributed by atoms with E-state index in [2.05, 4.69) is 15.0 Å². The van der Waals surface area contributed by atoms with E-state index in [1.165, 1.54) is 0 Å². The summed E-state index contributed by atoms with van der Waals surface area (Å²) in [7, 11) is 3.58. The Morgan fingerprint density at radius 2 is 2.04 bits per heavy atom. The molecule has 0 radical (unpaired) electrons. The molecule has 3 aromatic heterocycles. The molecule has 3 rings (SSSR count). The second kappa shape index (κ2) is 5.70. The van der Waals surface area contributed by atoms with E-state index >= 15 is 0 Å². The van der Waals surface area contributed by atoms with Gasteiger partial charge in [0.1, 0.15) is 11.3 Å². The minimum atomic E-state index is 0.168. The Labute approximate surface area is 139 Å². The van der Waals surface area contributed by atoms with E-state index in [9.17, 15) is 0 Å². The third-order valence-corrected chi connectivity index (χ3v) is 4.24. The smallest absolute Gasteiger partial charge is 0.222 e. The van der Waals surface area contributed by atoms with Crippen molar-refractivity contribution >= 4 is 28.6 Å². The van der Waals surface area contributed by atoms with Crippen LogP contribution in [-0.2, 0) is 13.5 Å². The SMILES string of the molecule is COc1c(C)cnc(Cc2cn(C)c3c(Cl)nc(N)nc23)c1C. The van der Waals surface area contributed by atoms with Crippen LogP contribution in [0, 0.1) is 13.8 Å². The number of nitrogens with two attached hydrogens (primary N) is 1. The van der Waals surface area contributed by atoms with E-state index < -0.39 is 0 Å². The fourth-order valence-corrected chi connectivity index (χ4v) is 3.21. The number of rotatable bonds is 3. The number of nitrogens with zero attached hydrogens (tertiary/aromatic N) is 4. The van der Waals surface area contributed by atoms with Gasteiger partial charge in [0.15, 0.2) is 5.15 Å². The number of pyridine rings is 1. The molecule has 0 bridgehead atoms. The van der Waals surface area contributed by atoms with Crippen molar-refractivity contribution in [3.8, 4) is 5.75 Å². The number of halogens is 1. The van der Waals surface area contributed by atoms with Crippen LogP contribution in [0.3, 0.4) is 0 Å². The zero-order chi connectivity index (χ0) is 16.7. The largest absolute Gasteiger partial charge is 0.496 e. The summed E-state index contributed by atoms with van der Waals surface area (Å²) in [6.07, 6.45) is 4.42. The second-order valence-corrected chi connectivity index (χ2v) is 5.92. The lowest BCUT2D eigenvalue weighted by Gasteiger charge is -2.11. The minimum absolute atomic E-state index is 0.168. The summed E-state index contributed by atoms with van der Waals surface area (Å²) in [6.45, 7) is 3.99. The van der Waals surface area contributed by atoms with Gasteiger partial charge in [-0.15, -0.1) is 0 Å². The average Bonchev–Trinajstić information content (AvgIpc) is 2.79. The topological polar surface area (TPSA) is 78.8 Å². The molecule has 3 heterocycles. The second-order valence-electron chi connectivity index (χ2n) is 5.56. The maximum atomic E-state index is 6.20. The van der Waals surface area contributed by atoms with Crippen molar-refractivity contribution in [3.63, 3.8) is 0 Å². The highest BCUT2D eigenvalue weighted by atomic mass is 35.5. The Bertz CT molecular complexity index is 903. The Morgan fingerprint density at radius 1 is 1.30 bits per heavy atom. The van der Waals surface area contributed by atoms with Gasteiger partial charge in [0.05, 0.1) is 18.3 Å². The van der Waals surface area contributed by atoms with Gasteiger partial charge < -0.3 is 15.0 Å². The first-order valence-corrected chi connectivity index (χ1v) is 7.56. The van der Waals surface area contributed by atoms with E-state index in [1.807, 2.05) is 37.9 Å². The van der Waals surface area contributed by atoms with Gasteiger partial charge in [0.25, 0.3) is 0 Å². The van der Waals surface area contributed by atoms with Crippen molar-refractivity contribution in [3.05, 3.63) is 39.9 Å². The molecule has 0 unspecified atom stereocenters. The molecule has 6 nitrogen and oxygen atoms in total. The molecule has 0 aliphatic heterocycles. The highest BCUT2D eigenvalue weighted by Crippen LogP contribution is 2.29. The Kier molecular flexibility index (Phi) is 3.85. The van der Waals surface area contributed by atoms with Crippen LogP contribution in [0.1, 0.15) is 22.4 Å². The summed E-state index contributed by atoms with van der Waals surface area (Å²) in [5, 5.41) is 0.354. The van der Waals surface area contributed by atoms with Gasteiger partial charge in [-0.25, -0.2) is 4.98 Å². The maximum absolute atomic E-state index is 6.20. The van der Waals surface area contributed by atoms with Crippen molar-refractivity contribution in [2.45, 2.75) is 20.3 Å². The Hall–Kier alpha value is -2.34. The zero-order valence-electron chi connectivity index (χ0n) is 13.5. The Balaban J connectivity index is 2.13. The first kappa shape index (κ1) is 15.6. The number of nitrogen functional groups attached to an aromatic ring is 1. The van der Waals surface area contributed by atoms with Crippen LogP contribution in [0.15, 0.2) is 12.4 Å². The lowest BCUT2D eigenvalue weighted by molar-refractivity contribution is 0.407. The molecule has 0 aromatic carbocycles. The van der Waals surface area contributed by atoms with Gasteiger partial charge in [-0.1, -0.05) is 11.6 Å². The van der Waals surface area contributed by atoms with Crippen LogP contribution in [0.5, 0.6) is 5.75 Å². The lowest BCUT2D eigenvalue weighted by Crippen LogP contribution is -2.01. The van der Waals surface area contributed by atoms with Crippen LogP contribution in [0.25, 0.3) is 11.0 Å². The van der Waals surface area contributed by atoms with E-state index in [0.717, 1.165) is 39.2 Å². The summed E-state index contributed by atoms with van der Waals surface area (Å²) >= 11 is 6.20. The molecule has 0 spiro atoms. The molecule has 7 heteroatoms. The summed E-state index contributed by atoms with van der Waals surface area (Å²) in [5.74, 6) is 1.03. The van der Waals surface area contributed by atoms with Gasteiger partial charge >= 0.3 is 0 Å². The normalized spacial score (nSPS) is 11.2. The van der Waals surface area contributed by atoms with Gasteiger partial charge in [-0.3, -0.25) is 4.98 Å². The van der Waals surface area contributed by atoms with Crippen LogP contribution >= 0.6 is 11.6 Å². The molecule has 23 heavy (non-hydrogen) atoms. The first-order valence-electron chi connectivity index (χ1n) is 7.18. The number of hydrogen-bond donors (Lipinski definition) is 1. The average molecular weight is 332 g/mol. The lowest BCUT2D eigenvalue weighted by atomic mass is 10.1. The quantitative estimate of drug-likeness (QED) is 0.746. The number of methoxy groups -OCH3 is 1. The molecule has 0 amide bonds. The summed E-state index contributed by atoms with van der Waals surface area (Å²) < 4.78 is 7.38. The highest BCUT2D eigenvalue weighted by Gasteiger charge is 2.16. The monoisotopic (exact) mass is 331 g/mol. The first-order chi connectivity index (χ1) is 10.9. The van der Waals surface area contributed by atoms with Crippen molar-refractivity contribution in [2.75, 3.05) is 12.8 Å². The minimum Gasteiger partial charge on any atom is -0.496 e. The molecule has 0 aliphatic carbocycles. The van der Waals surface area contributed by atoms with Crippen molar-refractivity contribution in [1.82, 2.24) is 19.5 Å². The summed E-state index contributed by atoms with van der Waals surface area (Å²) in [4.78, 5) is 12.9. The number of aromatic nitrogens is 4. The molecular formula is C16H18ClN5O. The third-order valence-electron chi connectivity index (χ3n) is 3.97. The van der Waals surface area contributed by atoms with Crippen molar-refractivity contribution in [1.29, 1.82) is 0 Å². The van der Waals surface area contributed by atoms with Crippen LogP contribution in [-0.4, -0.2) is 26.6 Å². The maximum Gasteiger partial charge on any atom is 0.222 e. The molecule has 120 valence electrons. The van der Waals surface area contributed by atoms with Crippen LogP contribution < -0.4 is 10.5 Å². The molecular weight excluding hydrogens is 314 g/mol. The highest BCUT2D eigenvalue weighted by molar-refractivity contribution is 6.33. The van der Waals surface area contributed by atoms with Crippen molar-refractivity contribution < 1.29 is 4.74 Å². The Morgan fingerprint density at radius 3 is 2.74 bits per heavy atom. The molecule has 0 saturated carbocycles. The molecule has 0 fully saturated rings. The van der Waals surface area contributed by atoms with Crippen LogP contribution in [0.2, 0.25) is 5.15 Å². The number of fused-ring (bicyclic) bond motifs is 1. The van der Waals surface area contributed by atoms with E-state index in [0.29, 0.717) is 11.6 Å². The summed E-state index contributed by atoms with van der Waals surface area (Å²) in [5.41, 5.74) is 11.2. The molecule has 0 saturated heterocycles. The number of hydrogen-bond acceptors (Lipinski definition) is 5. The summed E-state index contributed by atoms with van der Waals surface area (Å²) in [6, 6.07) is 0. The van der Waals surface area contributed by atoms with Gasteiger partial charge in [0, 0.05) is 42.6 Å². The number of anilines is 1. The third kappa shape index (κ3) is 2.59. The molecule has 0 aliphatic rings. The van der Waals surface area contributed by atoms with Gasteiger partial charge in [-0.05, 0) is 13.8 Å². The van der Waals surface area contributed by atoms with Gasteiger partial charge in [-0.2, -0.15) is 4.98 Å². The van der Waals surface area contributed by atoms with Crippen molar-refractivity contribution in [2.24, 2.45) is 7.05 Å². The number of ether oxygens (including phenoxy) is 1. The zero-order valence-corrected chi connectivity index (χ0v) is 14.3. The predicted octanol–water partition coefficient (Wildman–Crippen LogP) is 2.82. The predicted molar refractivity (Wildman–Crippen MR) is 91.0 cm³/mol. The molecule has 2 N–H and O–H groups in total. The molecule has 3 aromatic rings. The van der Waals surface area contributed by atoms with E-state index in [1.54, 1.807) is 7.11 Å². The van der Waals surface area contributed by atoms with Crippen LogP contribution in [0.4, 0.5) is 5.95 Å². The van der Waals surface area contributed by atoms with E-state index in [-0.39, 0.29) is 5.95 Å². The number of aryl methyl sites for hydroxylation is 2. The fourth-order valence-electron chi connectivity index (χ4n) is 2.90. The van der Waals surface area contributed by atoms with E-state index in [4.69, 9.17) is 22.1 Å². The van der Waals surface area contributed by atoms with Gasteiger partial charge in [0.2, 0.25) is 5.95 Å². The standard InChI is InChI=1S/C16H18ClN5O/c1-8-6-19-11(9(2)14(8)23-4)5-10-7-22(3)13-12(10)20-16(18)21-15(13)17/h6-7H,5H2,1-4H3,(H2,18,20,21). The molecule has 0 atom stereocenters.